The molecule has 0 aliphatic carbocycles. The predicted molar refractivity (Wildman–Crippen MR) is 73.8 cm³/mol. The molecule has 0 aliphatic rings. The maximum absolute atomic E-state index is 12.2. The zero-order valence-electron chi connectivity index (χ0n) is 11.7. The van der Waals surface area contributed by atoms with Gasteiger partial charge >= 0.3 is 0 Å². The van der Waals surface area contributed by atoms with Crippen molar-refractivity contribution in [2.75, 3.05) is 19.1 Å². The van der Waals surface area contributed by atoms with Crippen LogP contribution in [0.25, 0.3) is 0 Å². The van der Waals surface area contributed by atoms with Crippen LogP contribution in [-0.2, 0) is 4.79 Å². The molecule has 4 heteroatoms. The third-order valence-electron chi connectivity index (χ3n) is 2.97. The number of carbonyl (C=O) groups excluding carboxylic acids is 1. The van der Waals surface area contributed by atoms with Gasteiger partial charge in [-0.2, -0.15) is 0 Å². The highest BCUT2D eigenvalue weighted by atomic mass is 16.5. The van der Waals surface area contributed by atoms with Crippen LogP contribution in [0.5, 0.6) is 5.75 Å². The van der Waals surface area contributed by atoms with Crippen molar-refractivity contribution in [3.05, 3.63) is 24.3 Å². The van der Waals surface area contributed by atoms with Crippen LogP contribution in [0.4, 0.5) is 5.69 Å². The number of nitrogens with two attached hydrogens (primary N) is 1. The van der Waals surface area contributed by atoms with E-state index in [2.05, 4.69) is 0 Å². The number of hydrogen-bond donors (Lipinski definition) is 1. The average molecular weight is 250 g/mol. The van der Waals surface area contributed by atoms with Crippen molar-refractivity contribution in [3.63, 3.8) is 0 Å². The minimum atomic E-state index is -0.534. The summed E-state index contributed by atoms with van der Waals surface area (Å²) >= 11 is 0. The lowest BCUT2D eigenvalue weighted by Gasteiger charge is -2.30. The van der Waals surface area contributed by atoms with Crippen LogP contribution in [-0.4, -0.2) is 26.1 Å². The van der Waals surface area contributed by atoms with Crippen molar-refractivity contribution in [2.24, 2.45) is 11.1 Å². The number of carbonyl (C=O) groups is 1. The quantitative estimate of drug-likeness (QED) is 0.893. The van der Waals surface area contributed by atoms with Crippen molar-refractivity contribution in [2.45, 2.75) is 26.8 Å². The SMILES string of the molecule is COc1cccc(N(C)C(=O)C(N)C(C)(C)C)c1. The lowest BCUT2D eigenvalue weighted by Crippen LogP contribution is -2.49. The van der Waals surface area contributed by atoms with Gasteiger partial charge in [0, 0.05) is 18.8 Å². The first-order valence-electron chi connectivity index (χ1n) is 5.94. The number of benzene rings is 1. The van der Waals surface area contributed by atoms with Gasteiger partial charge in [-0.25, -0.2) is 0 Å². The molecule has 4 nitrogen and oxygen atoms in total. The van der Waals surface area contributed by atoms with Crippen molar-refractivity contribution in [1.29, 1.82) is 0 Å². The number of nitrogens with zero attached hydrogens (tertiary/aromatic N) is 1. The third-order valence-corrected chi connectivity index (χ3v) is 2.97. The van der Waals surface area contributed by atoms with E-state index in [0.717, 1.165) is 11.4 Å². The molecule has 0 aromatic heterocycles. The van der Waals surface area contributed by atoms with E-state index in [4.69, 9.17) is 10.5 Å². The van der Waals surface area contributed by atoms with Crippen LogP contribution in [0.1, 0.15) is 20.8 Å². The summed E-state index contributed by atoms with van der Waals surface area (Å²) in [6.45, 7) is 5.86. The van der Waals surface area contributed by atoms with Crippen molar-refractivity contribution < 1.29 is 9.53 Å². The van der Waals surface area contributed by atoms with Crippen LogP contribution in [0.15, 0.2) is 24.3 Å². The van der Waals surface area contributed by atoms with Gasteiger partial charge in [0.2, 0.25) is 5.91 Å². The molecule has 18 heavy (non-hydrogen) atoms. The van der Waals surface area contributed by atoms with E-state index in [1.807, 2.05) is 45.0 Å². The molecule has 0 saturated heterocycles. The first kappa shape index (κ1) is 14.5. The summed E-state index contributed by atoms with van der Waals surface area (Å²) in [6, 6.07) is 6.82. The summed E-state index contributed by atoms with van der Waals surface area (Å²) in [4.78, 5) is 13.8. The minimum Gasteiger partial charge on any atom is -0.497 e. The number of ether oxygens (including phenoxy) is 1. The molecule has 100 valence electrons. The van der Waals surface area contributed by atoms with Crippen LogP contribution in [0.2, 0.25) is 0 Å². The number of rotatable bonds is 3. The van der Waals surface area contributed by atoms with Gasteiger partial charge in [-0.15, -0.1) is 0 Å². The Morgan fingerprint density at radius 3 is 2.50 bits per heavy atom. The van der Waals surface area contributed by atoms with Crippen LogP contribution < -0.4 is 15.4 Å². The van der Waals surface area contributed by atoms with Gasteiger partial charge in [0.1, 0.15) is 5.75 Å². The highest BCUT2D eigenvalue weighted by Gasteiger charge is 2.30. The smallest absolute Gasteiger partial charge is 0.244 e. The summed E-state index contributed by atoms with van der Waals surface area (Å²) in [5.74, 6) is 0.618. The molecule has 1 unspecified atom stereocenters. The molecule has 1 aromatic carbocycles. The maximum atomic E-state index is 12.2. The third kappa shape index (κ3) is 3.23. The van der Waals surface area contributed by atoms with Gasteiger partial charge < -0.3 is 15.4 Å². The largest absolute Gasteiger partial charge is 0.497 e. The Morgan fingerprint density at radius 2 is 2.00 bits per heavy atom. The molecular weight excluding hydrogens is 228 g/mol. The lowest BCUT2D eigenvalue weighted by molar-refractivity contribution is -0.121. The van der Waals surface area contributed by atoms with Gasteiger partial charge in [0.05, 0.1) is 13.2 Å². The second kappa shape index (κ2) is 5.40. The summed E-state index contributed by atoms with van der Waals surface area (Å²) < 4.78 is 5.14. The number of amides is 1. The van der Waals surface area contributed by atoms with Gasteiger partial charge in [-0.3, -0.25) is 4.79 Å². The Bertz CT molecular complexity index is 424. The Hall–Kier alpha value is -1.55. The number of methoxy groups -OCH3 is 1. The highest BCUT2D eigenvalue weighted by molar-refractivity contribution is 5.97. The minimum absolute atomic E-state index is 0.101. The van der Waals surface area contributed by atoms with Gasteiger partial charge in [0.25, 0.3) is 0 Å². The number of likely N-dealkylation sites (N-methyl/N-ethyl adjacent to an activating group) is 1. The van der Waals surface area contributed by atoms with Crippen LogP contribution in [0, 0.1) is 5.41 Å². The van der Waals surface area contributed by atoms with E-state index in [0.29, 0.717) is 0 Å². The molecule has 0 radical (unpaired) electrons. The van der Waals surface area contributed by atoms with E-state index in [1.165, 1.54) is 0 Å². The van der Waals surface area contributed by atoms with Crippen molar-refractivity contribution in [1.82, 2.24) is 0 Å². The fraction of sp³-hybridized carbons (Fsp3) is 0.500. The molecule has 1 atom stereocenters. The molecule has 0 bridgehead atoms. The normalized spacial score (nSPS) is 13.0. The summed E-state index contributed by atoms with van der Waals surface area (Å²) in [7, 11) is 3.32. The highest BCUT2D eigenvalue weighted by Crippen LogP contribution is 2.24. The van der Waals surface area contributed by atoms with Crippen LogP contribution >= 0.6 is 0 Å². The Labute approximate surface area is 109 Å². The summed E-state index contributed by atoms with van der Waals surface area (Å²) in [5.41, 5.74) is 6.50. The first-order chi connectivity index (χ1) is 8.27. The zero-order chi connectivity index (χ0) is 13.9. The first-order valence-corrected chi connectivity index (χ1v) is 5.94. The topological polar surface area (TPSA) is 55.6 Å². The van der Waals surface area contributed by atoms with Gasteiger partial charge in [0.15, 0.2) is 0 Å². The molecule has 0 aliphatic heterocycles. The van der Waals surface area contributed by atoms with E-state index in [-0.39, 0.29) is 11.3 Å². The lowest BCUT2D eigenvalue weighted by atomic mass is 9.86. The molecule has 0 fully saturated rings. The molecule has 0 spiro atoms. The summed E-state index contributed by atoms with van der Waals surface area (Å²) in [5, 5.41) is 0. The van der Waals surface area contributed by atoms with Crippen molar-refractivity contribution >= 4 is 11.6 Å². The Balaban J connectivity index is 2.93. The number of anilines is 1. The average Bonchev–Trinajstić information content (AvgIpc) is 2.35. The molecule has 0 saturated carbocycles. The molecule has 1 amide bonds. The van der Waals surface area contributed by atoms with Gasteiger partial charge in [-0.1, -0.05) is 26.8 Å². The standard InChI is InChI=1S/C14H22N2O2/c1-14(2,3)12(15)13(17)16(4)10-7-6-8-11(9-10)18-5/h6-9,12H,15H2,1-5H3. The zero-order valence-corrected chi connectivity index (χ0v) is 11.7. The Morgan fingerprint density at radius 1 is 1.39 bits per heavy atom. The molecule has 1 rings (SSSR count). The van der Waals surface area contributed by atoms with Gasteiger partial charge in [-0.05, 0) is 17.5 Å². The van der Waals surface area contributed by atoms with Crippen molar-refractivity contribution in [3.8, 4) is 5.75 Å². The second-order valence-corrected chi connectivity index (χ2v) is 5.44. The van der Waals surface area contributed by atoms with E-state index < -0.39 is 6.04 Å². The Kier molecular flexibility index (Phi) is 4.35. The molecular formula is C14H22N2O2. The number of hydrogen-bond acceptors (Lipinski definition) is 3. The maximum Gasteiger partial charge on any atom is 0.244 e. The molecule has 2 N–H and O–H groups in total. The fourth-order valence-corrected chi connectivity index (χ4v) is 1.53. The summed E-state index contributed by atoms with van der Waals surface area (Å²) in [6.07, 6.45) is 0. The van der Waals surface area contributed by atoms with Crippen LogP contribution in [0.3, 0.4) is 0 Å². The van der Waals surface area contributed by atoms with E-state index >= 15 is 0 Å². The van der Waals surface area contributed by atoms with E-state index in [1.54, 1.807) is 19.1 Å². The fourth-order valence-electron chi connectivity index (χ4n) is 1.53. The molecule has 1 aromatic rings. The second-order valence-electron chi connectivity index (χ2n) is 5.44. The van der Waals surface area contributed by atoms with E-state index in [9.17, 15) is 4.79 Å². The monoisotopic (exact) mass is 250 g/mol. The predicted octanol–water partition coefficient (Wildman–Crippen LogP) is 2.03. The molecule has 0 heterocycles.